The number of rotatable bonds is 2. The third-order valence-corrected chi connectivity index (χ3v) is 2.21. The quantitative estimate of drug-likeness (QED) is 0.556. The van der Waals surface area contributed by atoms with Crippen LogP contribution in [0.15, 0.2) is 12.2 Å². The molecule has 1 fully saturated rings. The second-order valence-electron chi connectivity index (χ2n) is 3.93. The van der Waals surface area contributed by atoms with Gasteiger partial charge >= 0.3 is 0 Å². The third kappa shape index (κ3) is 2.18. The maximum atomic E-state index is 11.1. The molecule has 1 unspecified atom stereocenters. The lowest BCUT2D eigenvalue weighted by Gasteiger charge is -2.09. The number of carbonyl (C=O) groups is 1. The van der Waals surface area contributed by atoms with Crippen LogP contribution in [0.4, 0.5) is 0 Å². The molecule has 1 atom stereocenters. The van der Waals surface area contributed by atoms with Crippen molar-refractivity contribution in [3.63, 3.8) is 0 Å². The van der Waals surface area contributed by atoms with Gasteiger partial charge < -0.3 is 0 Å². The van der Waals surface area contributed by atoms with Crippen molar-refractivity contribution in [2.75, 3.05) is 0 Å². The van der Waals surface area contributed by atoms with Gasteiger partial charge in [0.1, 0.15) is 0 Å². The van der Waals surface area contributed by atoms with Gasteiger partial charge in [-0.3, -0.25) is 4.79 Å². The van der Waals surface area contributed by atoms with Gasteiger partial charge in [0.25, 0.3) is 0 Å². The summed E-state index contributed by atoms with van der Waals surface area (Å²) >= 11 is 0. The second-order valence-corrected chi connectivity index (χ2v) is 3.93. The normalized spacial score (nSPS) is 25.2. The largest absolute Gasteiger partial charge is 0.295 e. The molecule has 1 rings (SSSR count). The summed E-state index contributed by atoms with van der Waals surface area (Å²) in [5, 5.41) is 0. The van der Waals surface area contributed by atoms with Crippen LogP contribution in [0.2, 0.25) is 0 Å². The van der Waals surface area contributed by atoms with Gasteiger partial charge in [0.15, 0.2) is 5.78 Å². The van der Waals surface area contributed by atoms with Crippen LogP contribution in [-0.2, 0) is 4.79 Å². The van der Waals surface area contributed by atoms with Crippen LogP contribution in [0.1, 0.15) is 33.1 Å². The molecular weight excluding hydrogens is 136 g/mol. The van der Waals surface area contributed by atoms with E-state index in [2.05, 4.69) is 20.4 Å². The molecule has 1 saturated carbocycles. The van der Waals surface area contributed by atoms with E-state index in [1.165, 1.54) is 6.42 Å². The summed E-state index contributed by atoms with van der Waals surface area (Å²) in [4.78, 5) is 11.1. The lowest BCUT2D eigenvalue weighted by molar-refractivity contribution is -0.114. The highest BCUT2D eigenvalue weighted by Gasteiger charge is 2.25. The average Bonchev–Trinajstić information content (AvgIpc) is 2.10. The van der Waals surface area contributed by atoms with E-state index in [-0.39, 0.29) is 5.78 Å². The van der Waals surface area contributed by atoms with E-state index in [1.807, 2.05) is 0 Å². The molecule has 0 spiro atoms. The molecule has 1 aliphatic carbocycles. The number of allylic oxidation sites excluding steroid dienone is 1. The third-order valence-electron chi connectivity index (χ3n) is 2.21. The van der Waals surface area contributed by atoms with E-state index in [0.717, 1.165) is 18.4 Å². The Hall–Kier alpha value is -0.590. The Morgan fingerprint density at radius 3 is 2.55 bits per heavy atom. The first-order chi connectivity index (χ1) is 5.09. The fourth-order valence-corrected chi connectivity index (χ4v) is 1.77. The lowest BCUT2D eigenvalue weighted by Crippen LogP contribution is -1.99. The fraction of sp³-hybridized carbons (Fsp3) is 0.700. The van der Waals surface area contributed by atoms with Crippen LogP contribution in [0.25, 0.3) is 0 Å². The molecule has 0 aliphatic heterocycles. The minimum atomic E-state index is 0.288. The molecule has 0 N–H and O–H groups in total. The molecule has 0 aromatic carbocycles. The molecule has 0 aromatic heterocycles. The van der Waals surface area contributed by atoms with Crippen molar-refractivity contribution in [1.82, 2.24) is 0 Å². The van der Waals surface area contributed by atoms with Crippen molar-refractivity contribution in [2.24, 2.45) is 11.8 Å². The first kappa shape index (κ1) is 8.51. The molecule has 0 saturated heterocycles. The molecule has 0 aromatic rings. The number of ketones is 1. The molecule has 1 aliphatic rings. The van der Waals surface area contributed by atoms with Gasteiger partial charge in [-0.05, 0) is 30.3 Å². The van der Waals surface area contributed by atoms with Crippen molar-refractivity contribution in [1.29, 1.82) is 0 Å². The van der Waals surface area contributed by atoms with Gasteiger partial charge in [-0.2, -0.15) is 0 Å². The average molecular weight is 152 g/mol. The Morgan fingerprint density at radius 2 is 2.18 bits per heavy atom. The smallest absolute Gasteiger partial charge is 0.158 e. The number of hydrogen-bond donors (Lipinski definition) is 0. The van der Waals surface area contributed by atoms with Crippen LogP contribution in [0, 0.1) is 11.8 Å². The molecule has 0 heterocycles. The minimum absolute atomic E-state index is 0.288. The Morgan fingerprint density at radius 1 is 1.55 bits per heavy atom. The first-order valence-corrected chi connectivity index (χ1v) is 4.30. The molecule has 1 nitrogen and oxygen atoms in total. The molecular formula is C10H16O. The van der Waals surface area contributed by atoms with Crippen molar-refractivity contribution in [2.45, 2.75) is 33.1 Å². The van der Waals surface area contributed by atoms with Crippen molar-refractivity contribution >= 4 is 5.78 Å². The fourth-order valence-electron chi connectivity index (χ4n) is 1.77. The Kier molecular flexibility index (Phi) is 2.48. The topological polar surface area (TPSA) is 17.1 Å². The van der Waals surface area contributed by atoms with Crippen LogP contribution < -0.4 is 0 Å². The van der Waals surface area contributed by atoms with Crippen molar-refractivity contribution in [3.05, 3.63) is 12.2 Å². The van der Waals surface area contributed by atoms with Crippen LogP contribution in [-0.4, -0.2) is 5.78 Å². The van der Waals surface area contributed by atoms with Gasteiger partial charge in [-0.15, -0.1) is 0 Å². The van der Waals surface area contributed by atoms with Crippen molar-refractivity contribution < 1.29 is 4.79 Å². The van der Waals surface area contributed by atoms with Gasteiger partial charge in [0.05, 0.1) is 0 Å². The van der Waals surface area contributed by atoms with Gasteiger partial charge in [-0.25, -0.2) is 0 Å². The van der Waals surface area contributed by atoms with E-state index in [1.54, 1.807) is 0 Å². The van der Waals surface area contributed by atoms with E-state index in [0.29, 0.717) is 11.8 Å². The van der Waals surface area contributed by atoms with E-state index in [4.69, 9.17) is 0 Å². The van der Waals surface area contributed by atoms with Gasteiger partial charge in [0, 0.05) is 6.42 Å². The summed E-state index contributed by atoms with van der Waals surface area (Å²) in [5.74, 6) is 1.59. The Balaban J connectivity index is 2.41. The highest BCUT2D eigenvalue weighted by molar-refractivity contribution is 5.97. The van der Waals surface area contributed by atoms with Crippen molar-refractivity contribution in [3.8, 4) is 0 Å². The number of Topliss-reactive ketones (excluding diaryl/α,β-unsaturated/α-hetero) is 1. The first-order valence-electron chi connectivity index (χ1n) is 4.30. The van der Waals surface area contributed by atoms with Crippen LogP contribution >= 0.6 is 0 Å². The number of carbonyl (C=O) groups excluding carboxylic acids is 1. The summed E-state index contributed by atoms with van der Waals surface area (Å²) in [5.41, 5.74) is 0.843. The highest BCUT2D eigenvalue weighted by Crippen LogP contribution is 2.30. The molecule has 11 heavy (non-hydrogen) atoms. The Bertz CT molecular complexity index is 163. The van der Waals surface area contributed by atoms with E-state index < -0.39 is 0 Å². The van der Waals surface area contributed by atoms with Crippen LogP contribution in [0.5, 0.6) is 0 Å². The van der Waals surface area contributed by atoms with E-state index >= 15 is 0 Å². The molecule has 1 heteroatoms. The summed E-state index contributed by atoms with van der Waals surface area (Å²) in [6.45, 7) is 8.14. The summed E-state index contributed by atoms with van der Waals surface area (Å²) < 4.78 is 0. The van der Waals surface area contributed by atoms with Gasteiger partial charge in [-0.1, -0.05) is 20.4 Å². The minimum Gasteiger partial charge on any atom is -0.295 e. The lowest BCUT2D eigenvalue weighted by atomic mass is 9.96. The molecule has 0 bridgehead atoms. The summed E-state index contributed by atoms with van der Waals surface area (Å²) in [7, 11) is 0. The number of hydrogen-bond acceptors (Lipinski definition) is 1. The van der Waals surface area contributed by atoms with Gasteiger partial charge in [0.2, 0.25) is 0 Å². The molecule has 0 amide bonds. The second kappa shape index (κ2) is 3.21. The predicted molar refractivity (Wildman–Crippen MR) is 46.3 cm³/mol. The maximum Gasteiger partial charge on any atom is 0.158 e. The summed E-state index contributed by atoms with van der Waals surface area (Å²) in [6, 6.07) is 0. The zero-order valence-electron chi connectivity index (χ0n) is 7.39. The zero-order chi connectivity index (χ0) is 8.43. The maximum absolute atomic E-state index is 11.1. The predicted octanol–water partition coefficient (Wildman–Crippen LogP) is 2.57. The summed E-state index contributed by atoms with van der Waals surface area (Å²) in [6.07, 6.45) is 2.86. The molecule has 62 valence electrons. The SMILES string of the molecule is C=C1CC(CC(C)C)CC1=O. The highest BCUT2D eigenvalue weighted by atomic mass is 16.1. The monoisotopic (exact) mass is 152 g/mol. The molecule has 0 radical (unpaired) electrons. The van der Waals surface area contributed by atoms with Crippen LogP contribution in [0.3, 0.4) is 0 Å². The zero-order valence-corrected chi connectivity index (χ0v) is 7.39. The van der Waals surface area contributed by atoms with E-state index in [9.17, 15) is 4.79 Å². The standard InChI is InChI=1S/C10H16O/c1-7(2)4-9-5-8(3)10(11)6-9/h7,9H,3-6H2,1-2H3. The Labute approximate surface area is 68.5 Å².